The van der Waals surface area contributed by atoms with Gasteiger partial charge in [0.15, 0.2) is 0 Å². The lowest BCUT2D eigenvalue weighted by Gasteiger charge is -2.19. The Hall–Kier alpha value is -1.69. The van der Waals surface area contributed by atoms with Gasteiger partial charge in [-0.3, -0.25) is 0 Å². The van der Waals surface area contributed by atoms with Crippen molar-refractivity contribution in [2.24, 2.45) is 0 Å². The molecular formula is C15H22N4OS. The molecule has 114 valence electrons. The van der Waals surface area contributed by atoms with Crippen molar-refractivity contribution in [3.63, 3.8) is 0 Å². The third-order valence-electron chi connectivity index (χ3n) is 3.41. The number of rotatable bonds is 8. The zero-order valence-electron chi connectivity index (χ0n) is 12.6. The van der Waals surface area contributed by atoms with Crippen LogP contribution in [0.4, 0.5) is 11.8 Å². The number of anilines is 2. The Balaban J connectivity index is 2.16. The first-order valence-corrected chi connectivity index (χ1v) is 8.24. The molecule has 21 heavy (non-hydrogen) atoms. The molecule has 6 heteroatoms. The Bertz CT molecular complexity index is 611. The molecule has 0 unspecified atom stereocenters. The number of carbonyl (C=O) groups is 1. The van der Waals surface area contributed by atoms with Crippen molar-refractivity contribution in [2.75, 3.05) is 11.1 Å². The van der Waals surface area contributed by atoms with E-state index in [1.165, 1.54) is 0 Å². The van der Waals surface area contributed by atoms with E-state index in [4.69, 9.17) is 5.73 Å². The fourth-order valence-corrected chi connectivity index (χ4v) is 3.07. The van der Waals surface area contributed by atoms with Gasteiger partial charge in [-0.15, -0.1) is 11.3 Å². The van der Waals surface area contributed by atoms with Crippen LogP contribution >= 0.6 is 11.3 Å². The summed E-state index contributed by atoms with van der Waals surface area (Å²) in [5.74, 6) is 1.29. The Morgan fingerprint density at radius 1 is 1.43 bits per heavy atom. The molecule has 0 fully saturated rings. The molecular weight excluding hydrogens is 284 g/mol. The molecule has 3 N–H and O–H groups in total. The van der Waals surface area contributed by atoms with Crippen molar-refractivity contribution in [1.29, 1.82) is 0 Å². The van der Waals surface area contributed by atoms with Crippen LogP contribution in [0, 0.1) is 0 Å². The number of nitrogens with one attached hydrogen (secondary N) is 1. The third kappa shape index (κ3) is 4.39. The minimum absolute atomic E-state index is 0.224. The number of fused-ring (bicyclic) bond motifs is 1. The summed E-state index contributed by atoms with van der Waals surface area (Å²) in [4.78, 5) is 19.8. The summed E-state index contributed by atoms with van der Waals surface area (Å²) in [5, 5.41) is 5.45. The SMILES string of the molecule is CCCC[C@H](CCC(C)=O)Nc1nc(N)nc2ccsc12. The van der Waals surface area contributed by atoms with E-state index in [0.29, 0.717) is 6.42 Å². The zero-order valence-corrected chi connectivity index (χ0v) is 13.4. The van der Waals surface area contributed by atoms with E-state index < -0.39 is 0 Å². The molecule has 2 aromatic heterocycles. The number of hydrogen-bond acceptors (Lipinski definition) is 6. The van der Waals surface area contributed by atoms with Crippen molar-refractivity contribution >= 4 is 39.1 Å². The number of Topliss-reactive ketones (excluding diaryl/α,β-unsaturated/α-hetero) is 1. The molecule has 0 aromatic carbocycles. The summed E-state index contributed by atoms with van der Waals surface area (Å²) < 4.78 is 1.02. The van der Waals surface area contributed by atoms with Crippen molar-refractivity contribution in [3.05, 3.63) is 11.4 Å². The van der Waals surface area contributed by atoms with E-state index in [1.54, 1.807) is 18.3 Å². The normalized spacial score (nSPS) is 12.5. The number of ketones is 1. The number of thiophene rings is 1. The summed E-state index contributed by atoms with van der Waals surface area (Å²) in [5.41, 5.74) is 6.64. The van der Waals surface area contributed by atoms with Crippen LogP contribution in [0.25, 0.3) is 10.2 Å². The highest BCUT2D eigenvalue weighted by Gasteiger charge is 2.14. The minimum Gasteiger partial charge on any atom is -0.368 e. The smallest absolute Gasteiger partial charge is 0.222 e. The van der Waals surface area contributed by atoms with Gasteiger partial charge in [-0.1, -0.05) is 19.8 Å². The van der Waals surface area contributed by atoms with Crippen LogP contribution in [0.1, 0.15) is 46.0 Å². The van der Waals surface area contributed by atoms with Crippen LogP contribution in [0.5, 0.6) is 0 Å². The van der Waals surface area contributed by atoms with E-state index in [-0.39, 0.29) is 17.8 Å². The van der Waals surface area contributed by atoms with Gasteiger partial charge >= 0.3 is 0 Å². The quantitative estimate of drug-likeness (QED) is 0.778. The molecule has 0 radical (unpaired) electrons. The molecule has 0 aliphatic carbocycles. The molecule has 1 atom stereocenters. The molecule has 2 rings (SSSR count). The molecule has 0 saturated heterocycles. The van der Waals surface area contributed by atoms with Crippen LogP contribution in [-0.4, -0.2) is 21.8 Å². The molecule has 0 amide bonds. The second kappa shape index (κ2) is 7.36. The first kappa shape index (κ1) is 15.7. The predicted octanol–water partition coefficient (Wildman–Crippen LogP) is 3.61. The van der Waals surface area contributed by atoms with Gasteiger partial charge in [0.2, 0.25) is 5.95 Å². The lowest BCUT2D eigenvalue weighted by atomic mass is 10.0. The molecule has 2 heterocycles. The van der Waals surface area contributed by atoms with Gasteiger partial charge in [0.05, 0.1) is 10.2 Å². The van der Waals surface area contributed by atoms with Crippen LogP contribution in [0.15, 0.2) is 11.4 Å². The highest BCUT2D eigenvalue weighted by Crippen LogP contribution is 2.28. The maximum absolute atomic E-state index is 11.2. The summed E-state index contributed by atoms with van der Waals surface area (Å²) >= 11 is 1.60. The summed E-state index contributed by atoms with van der Waals surface area (Å²) in [6.45, 7) is 3.80. The van der Waals surface area contributed by atoms with Crippen molar-refractivity contribution in [2.45, 2.75) is 52.0 Å². The van der Waals surface area contributed by atoms with E-state index in [0.717, 1.165) is 41.7 Å². The van der Waals surface area contributed by atoms with Crippen LogP contribution in [-0.2, 0) is 4.79 Å². The average molecular weight is 306 g/mol. The van der Waals surface area contributed by atoms with Crippen LogP contribution < -0.4 is 11.1 Å². The zero-order chi connectivity index (χ0) is 15.2. The van der Waals surface area contributed by atoms with E-state index >= 15 is 0 Å². The number of unbranched alkanes of at least 4 members (excludes halogenated alkanes) is 1. The monoisotopic (exact) mass is 306 g/mol. The minimum atomic E-state index is 0.224. The number of hydrogen-bond donors (Lipinski definition) is 2. The molecule has 0 aliphatic heterocycles. The summed E-state index contributed by atoms with van der Waals surface area (Å²) in [6, 6.07) is 2.19. The van der Waals surface area contributed by atoms with Crippen molar-refractivity contribution in [3.8, 4) is 0 Å². The Labute approximate surface area is 129 Å². The molecule has 0 spiro atoms. The average Bonchev–Trinajstić information content (AvgIpc) is 2.89. The summed E-state index contributed by atoms with van der Waals surface area (Å²) in [6.07, 6.45) is 4.71. The molecule has 2 aromatic rings. The van der Waals surface area contributed by atoms with Crippen molar-refractivity contribution in [1.82, 2.24) is 9.97 Å². The first-order chi connectivity index (χ1) is 10.1. The van der Waals surface area contributed by atoms with Gasteiger partial charge in [0, 0.05) is 12.5 Å². The second-order valence-corrected chi connectivity index (χ2v) is 6.21. The first-order valence-electron chi connectivity index (χ1n) is 7.36. The van der Waals surface area contributed by atoms with E-state index in [9.17, 15) is 4.79 Å². The second-order valence-electron chi connectivity index (χ2n) is 5.29. The van der Waals surface area contributed by atoms with Gasteiger partial charge in [0.1, 0.15) is 11.6 Å². The number of nitrogens with zero attached hydrogens (tertiary/aromatic N) is 2. The Morgan fingerprint density at radius 3 is 2.95 bits per heavy atom. The lowest BCUT2D eigenvalue weighted by Crippen LogP contribution is -2.21. The van der Waals surface area contributed by atoms with Crippen LogP contribution in [0.3, 0.4) is 0 Å². The Kier molecular flexibility index (Phi) is 5.50. The van der Waals surface area contributed by atoms with E-state index in [1.807, 2.05) is 11.4 Å². The molecule has 0 aliphatic rings. The van der Waals surface area contributed by atoms with Crippen molar-refractivity contribution < 1.29 is 4.79 Å². The molecule has 0 saturated carbocycles. The maximum Gasteiger partial charge on any atom is 0.222 e. The van der Waals surface area contributed by atoms with E-state index in [2.05, 4.69) is 22.2 Å². The Morgan fingerprint density at radius 2 is 2.24 bits per heavy atom. The van der Waals surface area contributed by atoms with Gasteiger partial charge in [0.25, 0.3) is 0 Å². The predicted molar refractivity (Wildman–Crippen MR) is 88.7 cm³/mol. The van der Waals surface area contributed by atoms with Gasteiger partial charge in [-0.05, 0) is 31.2 Å². The lowest BCUT2D eigenvalue weighted by molar-refractivity contribution is -0.117. The standard InChI is InChI=1S/C15H22N4OS/c1-3-4-5-11(7-6-10(2)20)17-14-13-12(8-9-21-13)18-15(16)19-14/h8-9,11H,3-7H2,1-2H3,(H3,16,17,18,19)/t11-/m1/s1. The molecule has 5 nitrogen and oxygen atoms in total. The topological polar surface area (TPSA) is 80.9 Å². The van der Waals surface area contributed by atoms with Gasteiger partial charge in [-0.2, -0.15) is 4.98 Å². The maximum atomic E-state index is 11.2. The van der Waals surface area contributed by atoms with Gasteiger partial charge in [-0.25, -0.2) is 4.98 Å². The fourth-order valence-electron chi connectivity index (χ4n) is 2.29. The molecule has 0 bridgehead atoms. The highest BCUT2D eigenvalue weighted by molar-refractivity contribution is 7.17. The highest BCUT2D eigenvalue weighted by atomic mass is 32.1. The number of carbonyl (C=O) groups excluding carboxylic acids is 1. The number of aromatic nitrogens is 2. The van der Waals surface area contributed by atoms with Crippen LogP contribution in [0.2, 0.25) is 0 Å². The third-order valence-corrected chi connectivity index (χ3v) is 4.32. The fraction of sp³-hybridized carbons (Fsp3) is 0.533. The van der Waals surface area contributed by atoms with Gasteiger partial charge < -0.3 is 15.8 Å². The largest absolute Gasteiger partial charge is 0.368 e. The number of nitrogen functional groups attached to an aromatic ring is 1. The number of nitrogens with two attached hydrogens (primary N) is 1. The summed E-state index contributed by atoms with van der Waals surface area (Å²) in [7, 11) is 0.